The first-order valence-electron chi connectivity index (χ1n) is 14.1. The molecule has 1 saturated carbocycles. The molecule has 1 aliphatic carbocycles. The molecule has 0 amide bonds. The number of fused-ring (bicyclic) bond motifs is 2. The summed E-state index contributed by atoms with van der Waals surface area (Å²) in [6, 6.07) is 16.6. The second kappa shape index (κ2) is 8.48. The van der Waals surface area contributed by atoms with Crippen LogP contribution in [0.15, 0.2) is 48.5 Å². The van der Waals surface area contributed by atoms with E-state index in [2.05, 4.69) is 71.0 Å². The van der Waals surface area contributed by atoms with Gasteiger partial charge >= 0.3 is 0 Å². The summed E-state index contributed by atoms with van der Waals surface area (Å²) in [5.74, 6) is 0.409. The number of nitrogens with zero attached hydrogens (tertiary/aromatic N) is 2. The Hall–Kier alpha value is -2.58. The summed E-state index contributed by atoms with van der Waals surface area (Å²) in [5, 5.41) is 2.12. The topological polar surface area (TPSA) is 74.8 Å². The highest BCUT2D eigenvalue weighted by atomic mass is 32.2. The van der Waals surface area contributed by atoms with Crippen LogP contribution in [0.25, 0.3) is 10.8 Å². The minimum absolute atomic E-state index is 0.173. The number of hydrogen-bond donors (Lipinski definition) is 0. The van der Waals surface area contributed by atoms with Crippen molar-refractivity contribution in [2.24, 2.45) is 5.92 Å². The van der Waals surface area contributed by atoms with Crippen LogP contribution in [0.5, 0.6) is 0 Å². The molecular formula is C32H40N2O4S2. The highest BCUT2D eigenvalue weighted by Crippen LogP contribution is 2.60. The lowest BCUT2D eigenvalue weighted by Crippen LogP contribution is -2.47. The Kier molecular flexibility index (Phi) is 5.85. The van der Waals surface area contributed by atoms with Crippen LogP contribution in [0.2, 0.25) is 0 Å². The lowest BCUT2D eigenvalue weighted by Gasteiger charge is -2.48. The van der Waals surface area contributed by atoms with E-state index in [9.17, 15) is 16.8 Å². The van der Waals surface area contributed by atoms with Gasteiger partial charge in [-0.2, -0.15) is 0 Å². The van der Waals surface area contributed by atoms with Crippen molar-refractivity contribution in [3.05, 3.63) is 70.8 Å². The summed E-state index contributed by atoms with van der Waals surface area (Å²) in [7, 11) is -6.85. The average molecular weight is 581 g/mol. The summed E-state index contributed by atoms with van der Waals surface area (Å²) in [4.78, 5) is 0. The molecule has 6 nitrogen and oxygen atoms in total. The maximum atomic E-state index is 13.0. The lowest BCUT2D eigenvalue weighted by atomic mass is 9.56. The van der Waals surface area contributed by atoms with Crippen molar-refractivity contribution >= 4 is 42.2 Å². The Morgan fingerprint density at radius 3 is 2.08 bits per heavy atom. The van der Waals surface area contributed by atoms with E-state index in [1.54, 1.807) is 8.61 Å². The molecule has 2 heterocycles. The van der Waals surface area contributed by atoms with Crippen molar-refractivity contribution in [2.45, 2.75) is 76.7 Å². The van der Waals surface area contributed by atoms with Crippen LogP contribution in [0, 0.1) is 5.92 Å². The third kappa shape index (κ3) is 4.16. The molecule has 0 saturated heterocycles. The minimum Gasteiger partial charge on any atom is -0.269 e. The van der Waals surface area contributed by atoms with Crippen molar-refractivity contribution in [3.63, 3.8) is 0 Å². The normalized spacial score (nSPS) is 22.7. The van der Waals surface area contributed by atoms with E-state index in [1.165, 1.54) is 12.5 Å². The van der Waals surface area contributed by atoms with Crippen molar-refractivity contribution < 1.29 is 16.8 Å². The molecule has 3 aromatic rings. The van der Waals surface area contributed by atoms with Crippen molar-refractivity contribution in [1.29, 1.82) is 0 Å². The van der Waals surface area contributed by atoms with E-state index in [-0.39, 0.29) is 16.2 Å². The van der Waals surface area contributed by atoms with Gasteiger partial charge in [0.1, 0.15) is 0 Å². The molecule has 214 valence electrons. The second-order valence-corrected chi connectivity index (χ2v) is 17.9. The summed E-state index contributed by atoms with van der Waals surface area (Å²) in [6.07, 6.45) is 5.36. The van der Waals surface area contributed by atoms with Gasteiger partial charge in [0.2, 0.25) is 20.0 Å². The average Bonchev–Trinajstić information content (AvgIpc) is 3.37. The van der Waals surface area contributed by atoms with Crippen molar-refractivity contribution in [2.75, 3.05) is 27.7 Å². The Bertz CT molecular complexity index is 1760. The highest BCUT2D eigenvalue weighted by Gasteiger charge is 2.55. The number of benzene rings is 3. The van der Waals surface area contributed by atoms with E-state index in [0.717, 1.165) is 63.7 Å². The lowest BCUT2D eigenvalue weighted by molar-refractivity contribution is 0.126. The van der Waals surface area contributed by atoms with Gasteiger partial charge in [-0.25, -0.2) is 16.8 Å². The third-order valence-corrected chi connectivity index (χ3v) is 11.7. The zero-order valence-corrected chi connectivity index (χ0v) is 26.2. The van der Waals surface area contributed by atoms with Gasteiger partial charge in [-0.05, 0) is 63.7 Å². The van der Waals surface area contributed by atoms with Crippen LogP contribution < -0.4 is 8.61 Å². The van der Waals surface area contributed by atoms with E-state index < -0.39 is 20.0 Å². The Morgan fingerprint density at radius 1 is 0.800 bits per heavy atom. The summed E-state index contributed by atoms with van der Waals surface area (Å²) < 4.78 is 54.9. The molecule has 3 aliphatic rings. The fourth-order valence-electron chi connectivity index (χ4n) is 7.83. The SMILES string of the molecule is CC(C)(C)c1cccc2c1N(S(C)(=O)=O)CC21CC(CC(C)(C)c2ccc3cccc4c3c2N(S(C)(=O)=O)C4)C1. The predicted molar refractivity (Wildman–Crippen MR) is 164 cm³/mol. The molecule has 8 heteroatoms. The summed E-state index contributed by atoms with van der Waals surface area (Å²) in [6.45, 7) is 11.7. The molecule has 0 atom stereocenters. The van der Waals surface area contributed by atoms with Gasteiger partial charge in [-0.3, -0.25) is 8.61 Å². The molecular weight excluding hydrogens is 540 g/mol. The molecule has 0 radical (unpaired) electrons. The quantitative estimate of drug-likeness (QED) is 0.360. The summed E-state index contributed by atoms with van der Waals surface area (Å²) in [5.41, 5.74) is 5.46. The molecule has 1 fully saturated rings. The van der Waals surface area contributed by atoms with Gasteiger partial charge < -0.3 is 0 Å². The first-order chi connectivity index (χ1) is 18.4. The minimum atomic E-state index is -3.44. The van der Waals surface area contributed by atoms with Crippen LogP contribution >= 0.6 is 0 Å². The Labute approximate surface area is 239 Å². The molecule has 0 aromatic heterocycles. The third-order valence-electron chi connectivity index (χ3n) is 9.47. The second-order valence-electron chi connectivity index (χ2n) is 14.1. The van der Waals surface area contributed by atoms with Gasteiger partial charge in [-0.15, -0.1) is 0 Å². The fraction of sp³-hybridized carbons (Fsp3) is 0.500. The van der Waals surface area contributed by atoms with Crippen molar-refractivity contribution in [3.8, 4) is 0 Å². The number of anilines is 2. The predicted octanol–water partition coefficient (Wildman–Crippen LogP) is 6.21. The molecule has 2 aliphatic heterocycles. The molecule has 0 unspecified atom stereocenters. The number of sulfonamides is 2. The van der Waals surface area contributed by atoms with Crippen LogP contribution in [0.1, 0.15) is 76.1 Å². The van der Waals surface area contributed by atoms with Crippen molar-refractivity contribution in [1.82, 2.24) is 0 Å². The maximum absolute atomic E-state index is 13.0. The Balaban J connectivity index is 1.34. The van der Waals surface area contributed by atoms with E-state index in [4.69, 9.17) is 0 Å². The number of hydrogen-bond acceptors (Lipinski definition) is 4. The monoisotopic (exact) mass is 580 g/mol. The molecule has 6 rings (SSSR count). The van der Waals surface area contributed by atoms with Gasteiger partial charge in [-0.1, -0.05) is 83.1 Å². The van der Waals surface area contributed by atoms with Crippen LogP contribution in [0.4, 0.5) is 11.4 Å². The van der Waals surface area contributed by atoms with Gasteiger partial charge in [0, 0.05) is 17.3 Å². The maximum Gasteiger partial charge on any atom is 0.232 e. The first-order valence-corrected chi connectivity index (χ1v) is 17.8. The highest BCUT2D eigenvalue weighted by molar-refractivity contribution is 7.92. The fourth-order valence-corrected chi connectivity index (χ4v) is 9.73. The standard InChI is InChI=1S/C32H40N2O4S2/c1-30(2,3)24-12-9-13-26-28(24)34(40(7,37)38)20-32(26)17-21(18-32)16-31(4,5)25-15-14-22-10-8-11-23-19-33(39(6,35)36)29(25)27(22)23/h8-15,21H,16-20H2,1-7H3. The van der Waals surface area contributed by atoms with E-state index >= 15 is 0 Å². The van der Waals surface area contributed by atoms with E-state index in [1.807, 2.05) is 12.1 Å². The summed E-state index contributed by atoms with van der Waals surface area (Å²) >= 11 is 0. The van der Waals surface area contributed by atoms with Crippen LogP contribution in [-0.4, -0.2) is 35.9 Å². The smallest absolute Gasteiger partial charge is 0.232 e. The largest absolute Gasteiger partial charge is 0.269 e. The number of para-hydroxylation sites is 1. The van der Waals surface area contributed by atoms with Gasteiger partial charge in [0.15, 0.2) is 0 Å². The van der Waals surface area contributed by atoms with Gasteiger partial charge in [0.05, 0.1) is 30.4 Å². The van der Waals surface area contributed by atoms with Crippen LogP contribution in [0.3, 0.4) is 0 Å². The van der Waals surface area contributed by atoms with Crippen LogP contribution in [-0.2, 0) is 42.8 Å². The molecule has 3 aromatic carbocycles. The molecule has 0 N–H and O–H groups in total. The molecule has 0 bridgehead atoms. The van der Waals surface area contributed by atoms with Gasteiger partial charge in [0.25, 0.3) is 0 Å². The zero-order chi connectivity index (χ0) is 29.0. The van der Waals surface area contributed by atoms with E-state index in [0.29, 0.717) is 19.0 Å². The molecule has 40 heavy (non-hydrogen) atoms. The molecule has 1 spiro atoms. The Morgan fingerprint density at radius 2 is 1.45 bits per heavy atom. The first kappa shape index (κ1) is 27.6. The zero-order valence-electron chi connectivity index (χ0n) is 24.6. The number of rotatable bonds is 5.